The van der Waals surface area contributed by atoms with E-state index in [0.717, 1.165) is 24.0 Å². The van der Waals surface area contributed by atoms with Crippen LogP contribution in [0.1, 0.15) is 64.5 Å². The second-order valence-corrected chi connectivity index (χ2v) is 12.4. The minimum atomic E-state index is -2.50. The van der Waals surface area contributed by atoms with Crippen molar-refractivity contribution in [1.29, 1.82) is 0 Å². The van der Waals surface area contributed by atoms with Crippen molar-refractivity contribution in [1.82, 2.24) is 0 Å². The summed E-state index contributed by atoms with van der Waals surface area (Å²) in [6.07, 6.45) is 2.93. The lowest BCUT2D eigenvalue weighted by molar-refractivity contribution is 0.0481. The number of hydrogen-bond donors (Lipinski definition) is 0. The van der Waals surface area contributed by atoms with Crippen LogP contribution in [0.4, 0.5) is 0 Å². The van der Waals surface area contributed by atoms with Gasteiger partial charge in [-0.15, -0.1) is 0 Å². The van der Waals surface area contributed by atoms with E-state index in [1.54, 1.807) is 0 Å². The summed E-state index contributed by atoms with van der Waals surface area (Å²) in [5, 5.41) is 0. The molecule has 0 radical (unpaired) electrons. The van der Waals surface area contributed by atoms with Gasteiger partial charge in [-0.1, -0.05) is 88.4 Å². The highest BCUT2D eigenvalue weighted by atomic mass is 31.1. The molecule has 0 spiro atoms. The molecular formula is C26H40O5P2. The van der Waals surface area contributed by atoms with E-state index in [0.29, 0.717) is 24.7 Å². The Morgan fingerprint density at radius 2 is 0.970 bits per heavy atom. The van der Waals surface area contributed by atoms with Crippen LogP contribution >= 0.6 is 16.1 Å². The molecule has 4 unspecified atom stereocenters. The first-order valence-corrected chi connectivity index (χ1v) is 14.7. The Hall–Kier alpha value is -1.22. The molecule has 0 saturated carbocycles. The van der Waals surface area contributed by atoms with E-state index in [-0.39, 0.29) is 13.2 Å². The topological polar surface area (TPSA) is 61.8 Å². The van der Waals surface area contributed by atoms with Crippen molar-refractivity contribution >= 4 is 16.1 Å². The summed E-state index contributed by atoms with van der Waals surface area (Å²) >= 11 is 0. The standard InChI is InChI=1S/C26H40O5P2/c1-21(2)15-17-25(32(27)29-19-23-11-7-5-8-12-23)31-26(18-16-22(3)4)33(28)30-20-24-13-9-6-10-14-24/h5-14,21-22,25-26,32-33H,15-20H2,1-4H3. The van der Waals surface area contributed by atoms with Crippen LogP contribution in [0.3, 0.4) is 0 Å². The highest BCUT2D eigenvalue weighted by Crippen LogP contribution is 2.42. The van der Waals surface area contributed by atoms with Gasteiger partial charge in [0.15, 0.2) is 0 Å². The maximum atomic E-state index is 13.1. The molecule has 0 aliphatic rings. The van der Waals surface area contributed by atoms with Gasteiger partial charge in [-0.05, 0) is 48.6 Å². The summed E-state index contributed by atoms with van der Waals surface area (Å²) in [5.74, 6) is -0.263. The average Bonchev–Trinajstić information content (AvgIpc) is 2.81. The first kappa shape index (κ1) is 28.0. The van der Waals surface area contributed by atoms with Gasteiger partial charge < -0.3 is 13.8 Å². The number of benzene rings is 2. The molecule has 2 rings (SSSR count). The Bertz CT molecular complexity index is 758. The molecular weight excluding hydrogens is 454 g/mol. The lowest BCUT2D eigenvalue weighted by Gasteiger charge is -2.25. The fourth-order valence-electron chi connectivity index (χ4n) is 3.29. The van der Waals surface area contributed by atoms with Gasteiger partial charge in [-0.25, -0.2) is 0 Å². The zero-order valence-corrected chi connectivity index (χ0v) is 22.4. The van der Waals surface area contributed by atoms with E-state index < -0.39 is 27.7 Å². The fourth-order valence-corrected chi connectivity index (χ4v) is 5.78. The molecule has 5 nitrogen and oxygen atoms in total. The zero-order valence-electron chi connectivity index (χ0n) is 20.4. The van der Waals surface area contributed by atoms with Crippen molar-refractivity contribution in [2.75, 3.05) is 0 Å². The molecule has 184 valence electrons. The Balaban J connectivity index is 2.05. The van der Waals surface area contributed by atoms with Crippen LogP contribution in [0.2, 0.25) is 0 Å². The van der Waals surface area contributed by atoms with E-state index in [1.807, 2.05) is 60.7 Å². The predicted octanol–water partition coefficient (Wildman–Crippen LogP) is 7.91. The SMILES string of the molecule is CC(C)CCC(OC(CCC(C)C)[PH](=O)OCc1ccccc1)[PH](=O)OCc1ccccc1. The summed E-state index contributed by atoms with van der Waals surface area (Å²) in [6.45, 7) is 9.05. The van der Waals surface area contributed by atoms with Crippen molar-refractivity contribution in [3.05, 3.63) is 71.8 Å². The van der Waals surface area contributed by atoms with Crippen LogP contribution < -0.4 is 0 Å². The van der Waals surface area contributed by atoms with Crippen LogP contribution in [0, 0.1) is 11.8 Å². The van der Waals surface area contributed by atoms with Crippen molar-refractivity contribution in [2.24, 2.45) is 11.8 Å². The van der Waals surface area contributed by atoms with E-state index in [4.69, 9.17) is 13.8 Å². The molecule has 2 aromatic carbocycles. The van der Waals surface area contributed by atoms with E-state index in [1.165, 1.54) is 0 Å². The van der Waals surface area contributed by atoms with Crippen LogP contribution in [0.25, 0.3) is 0 Å². The highest BCUT2D eigenvalue weighted by molar-refractivity contribution is 7.40. The Morgan fingerprint density at radius 3 is 1.30 bits per heavy atom. The smallest absolute Gasteiger partial charge is 0.219 e. The van der Waals surface area contributed by atoms with Gasteiger partial charge in [-0.2, -0.15) is 0 Å². The Labute approximate surface area is 201 Å². The lowest BCUT2D eigenvalue weighted by atomic mass is 10.1. The largest absolute Gasteiger partial charge is 0.355 e. The van der Waals surface area contributed by atoms with E-state index >= 15 is 0 Å². The Morgan fingerprint density at radius 1 is 0.606 bits per heavy atom. The van der Waals surface area contributed by atoms with Gasteiger partial charge in [-0.3, -0.25) is 9.13 Å². The zero-order chi connectivity index (χ0) is 24.1. The first-order valence-electron chi connectivity index (χ1n) is 11.9. The van der Waals surface area contributed by atoms with Crippen molar-refractivity contribution in [3.8, 4) is 0 Å². The maximum absolute atomic E-state index is 13.1. The molecule has 0 amide bonds. The molecule has 4 atom stereocenters. The van der Waals surface area contributed by atoms with Gasteiger partial charge >= 0.3 is 0 Å². The molecule has 7 heteroatoms. The monoisotopic (exact) mass is 494 g/mol. The summed E-state index contributed by atoms with van der Waals surface area (Å²) < 4.78 is 44.0. The molecule has 0 bridgehead atoms. The van der Waals surface area contributed by atoms with Crippen molar-refractivity contribution < 1.29 is 22.9 Å². The average molecular weight is 495 g/mol. The van der Waals surface area contributed by atoms with Crippen LogP contribution in [0.15, 0.2) is 60.7 Å². The summed E-state index contributed by atoms with van der Waals surface area (Å²) in [5.41, 5.74) is 1.93. The molecule has 33 heavy (non-hydrogen) atoms. The third-order valence-electron chi connectivity index (χ3n) is 5.31. The molecule has 2 aromatic rings. The first-order chi connectivity index (χ1) is 15.8. The molecule has 0 N–H and O–H groups in total. The molecule has 0 fully saturated rings. The predicted molar refractivity (Wildman–Crippen MR) is 137 cm³/mol. The minimum Gasteiger partial charge on any atom is -0.355 e. The normalized spacial score (nSPS) is 15.5. The second-order valence-electron chi connectivity index (χ2n) is 9.24. The molecule has 0 heterocycles. The third-order valence-corrected chi connectivity index (χ3v) is 8.07. The van der Waals surface area contributed by atoms with Gasteiger partial charge in [0.05, 0.1) is 13.2 Å². The van der Waals surface area contributed by atoms with Crippen molar-refractivity contribution in [2.45, 2.75) is 78.3 Å². The van der Waals surface area contributed by atoms with Gasteiger partial charge in [0, 0.05) is 0 Å². The van der Waals surface area contributed by atoms with Crippen molar-refractivity contribution in [3.63, 3.8) is 0 Å². The molecule has 0 aromatic heterocycles. The number of rotatable bonds is 16. The van der Waals surface area contributed by atoms with Gasteiger partial charge in [0.1, 0.15) is 11.7 Å². The second kappa shape index (κ2) is 15.6. The van der Waals surface area contributed by atoms with Crippen LogP contribution in [0.5, 0.6) is 0 Å². The summed E-state index contributed by atoms with van der Waals surface area (Å²) in [6, 6.07) is 19.4. The summed E-state index contributed by atoms with van der Waals surface area (Å²) in [4.78, 5) is 0. The van der Waals surface area contributed by atoms with Gasteiger partial charge in [0.2, 0.25) is 16.1 Å². The number of ether oxygens (including phenoxy) is 1. The minimum absolute atomic E-state index is 0.274. The highest BCUT2D eigenvalue weighted by Gasteiger charge is 2.27. The maximum Gasteiger partial charge on any atom is 0.219 e. The third kappa shape index (κ3) is 11.7. The fraction of sp³-hybridized carbons (Fsp3) is 0.538. The number of hydrogen-bond acceptors (Lipinski definition) is 5. The van der Waals surface area contributed by atoms with E-state index in [9.17, 15) is 9.13 Å². The Kier molecular flexibility index (Phi) is 13.3. The molecule has 0 saturated heterocycles. The quantitative estimate of drug-likeness (QED) is 0.222. The van der Waals surface area contributed by atoms with E-state index in [2.05, 4.69) is 27.7 Å². The molecule has 0 aliphatic carbocycles. The lowest BCUT2D eigenvalue weighted by Crippen LogP contribution is -2.19. The van der Waals surface area contributed by atoms with Crippen LogP contribution in [-0.2, 0) is 36.1 Å². The van der Waals surface area contributed by atoms with Crippen LogP contribution in [-0.4, -0.2) is 11.7 Å². The van der Waals surface area contributed by atoms with Gasteiger partial charge in [0.25, 0.3) is 0 Å². The molecule has 0 aliphatic heterocycles. The summed E-state index contributed by atoms with van der Waals surface area (Å²) in [7, 11) is -5.01.